The number of hydrogen-bond donors (Lipinski definition) is 2. The molecule has 0 aliphatic heterocycles. The summed E-state index contributed by atoms with van der Waals surface area (Å²) in [6.45, 7) is 3.32. The molecule has 0 fully saturated rings. The van der Waals surface area contributed by atoms with Crippen molar-refractivity contribution in [2.24, 2.45) is 5.73 Å². The second-order valence-electron chi connectivity index (χ2n) is 5.18. The Morgan fingerprint density at radius 2 is 2.04 bits per heavy atom. The van der Waals surface area contributed by atoms with E-state index in [0.717, 1.165) is 5.56 Å². The number of amides is 1. The van der Waals surface area contributed by atoms with Crippen LogP contribution in [-0.4, -0.2) is 26.1 Å². The minimum Gasteiger partial charge on any atom is -0.496 e. The van der Waals surface area contributed by atoms with Crippen LogP contribution in [0, 0.1) is 6.92 Å². The van der Waals surface area contributed by atoms with E-state index in [-0.39, 0.29) is 5.91 Å². The first kappa shape index (κ1) is 16.8. The SMILES string of the molecule is COc1cc(OCc2cccc(C)c2)ccc1C(=O)NCCN. The van der Waals surface area contributed by atoms with Gasteiger partial charge in [-0.15, -0.1) is 0 Å². The summed E-state index contributed by atoms with van der Waals surface area (Å²) in [6, 6.07) is 13.3. The summed E-state index contributed by atoms with van der Waals surface area (Å²) in [7, 11) is 1.53. The largest absolute Gasteiger partial charge is 0.496 e. The number of rotatable bonds is 7. The molecule has 2 aromatic carbocycles. The molecule has 0 radical (unpaired) electrons. The van der Waals surface area contributed by atoms with E-state index in [1.807, 2.05) is 25.1 Å². The third-order valence-corrected chi connectivity index (χ3v) is 3.34. The van der Waals surface area contributed by atoms with Gasteiger partial charge >= 0.3 is 0 Å². The highest BCUT2D eigenvalue weighted by Gasteiger charge is 2.12. The number of aryl methyl sites for hydroxylation is 1. The lowest BCUT2D eigenvalue weighted by molar-refractivity contribution is 0.0951. The molecular weight excluding hydrogens is 292 g/mol. The monoisotopic (exact) mass is 314 g/mol. The Labute approximate surface area is 136 Å². The molecule has 23 heavy (non-hydrogen) atoms. The molecule has 2 rings (SSSR count). The molecule has 0 bridgehead atoms. The zero-order chi connectivity index (χ0) is 16.7. The zero-order valence-corrected chi connectivity index (χ0v) is 13.5. The summed E-state index contributed by atoms with van der Waals surface area (Å²) in [4.78, 5) is 12.0. The Balaban J connectivity index is 2.07. The van der Waals surface area contributed by atoms with Crippen molar-refractivity contribution < 1.29 is 14.3 Å². The molecule has 5 nitrogen and oxygen atoms in total. The standard InChI is InChI=1S/C18H22N2O3/c1-13-4-3-5-14(10-13)12-23-15-6-7-16(17(11-15)22-2)18(21)20-9-8-19/h3-7,10-11H,8-9,12,19H2,1-2H3,(H,20,21). The smallest absolute Gasteiger partial charge is 0.255 e. The van der Waals surface area contributed by atoms with Crippen molar-refractivity contribution >= 4 is 5.91 Å². The van der Waals surface area contributed by atoms with Crippen molar-refractivity contribution in [3.05, 3.63) is 59.2 Å². The Kier molecular flexibility index (Phi) is 6.00. The van der Waals surface area contributed by atoms with Gasteiger partial charge in [0.2, 0.25) is 0 Å². The number of hydrogen-bond acceptors (Lipinski definition) is 4. The molecule has 0 saturated heterocycles. The number of carbonyl (C=O) groups is 1. The summed E-state index contributed by atoms with van der Waals surface area (Å²) in [5, 5.41) is 2.72. The second kappa shape index (κ2) is 8.19. The van der Waals surface area contributed by atoms with E-state index >= 15 is 0 Å². The maximum absolute atomic E-state index is 12.0. The molecule has 0 aliphatic rings. The van der Waals surface area contributed by atoms with Gasteiger partial charge in [-0.1, -0.05) is 29.8 Å². The topological polar surface area (TPSA) is 73.6 Å². The van der Waals surface area contributed by atoms with Crippen LogP contribution in [0.3, 0.4) is 0 Å². The van der Waals surface area contributed by atoms with Crippen molar-refractivity contribution in [2.45, 2.75) is 13.5 Å². The molecule has 0 atom stereocenters. The van der Waals surface area contributed by atoms with Crippen LogP contribution in [0.2, 0.25) is 0 Å². The normalized spacial score (nSPS) is 10.2. The molecular formula is C18H22N2O3. The van der Waals surface area contributed by atoms with E-state index in [2.05, 4.69) is 11.4 Å². The van der Waals surface area contributed by atoms with Crippen molar-refractivity contribution in [1.29, 1.82) is 0 Å². The first-order chi connectivity index (χ1) is 11.1. The van der Waals surface area contributed by atoms with Gasteiger partial charge in [0.1, 0.15) is 18.1 Å². The Hall–Kier alpha value is -2.53. The lowest BCUT2D eigenvalue weighted by Crippen LogP contribution is -2.29. The molecule has 3 N–H and O–H groups in total. The van der Waals surface area contributed by atoms with Crippen LogP contribution in [0.15, 0.2) is 42.5 Å². The van der Waals surface area contributed by atoms with Gasteiger partial charge in [0.05, 0.1) is 12.7 Å². The van der Waals surface area contributed by atoms with Gasteiger partial charge in [0.15, 0.2) is 0 Å². The van der Waals surface area contributed by atoms with Crippen LogP contribution < -0.4 is 20.5 Å². The summed E-state index contributed by atoms with van der Waals surface area (Å²) in [5.41, 5.74) is 8.13. The average Bonchev–Trinajstić information content (AvgIpc) is 2.57. The molecule has 0 aromatic heterocycles. The van der Waals surface area contributed by atoms with Gasteiger partial charge in [0, 0.05) is 19.2 Å². The van der Waals surface area contributed by atoms with E-state index in [9.17, 15) is 4.79 Å². The molecule has 0 aliphatic carbocycles. The number of benzene rings is 2. The van der Waals surface area contributed by atoms with E-state index in [1.165, 1.54) is 12.7 Å². The fourth-order valence-electron chi connectivity index (χ4n) is 2.20. The first-order valence-corrected chi connectivity index (χ1v) is 7.48. The number of nitrogens with one attached hydrogen (secondary N) is 1. The Morgan fingerprint density at radius 1 is 1.22 bits per heavy atom. The highest BCUT2D eigenvalue weighted by molar-refractivity contribution is 5.97. The average molecular weight is 314 g/mol. The minimum absolute atomic E-state index is 0.211. The van der Waals surface area contributed by atoms with Gasteiger partial charge < -0.3 is 20.5 Å². The van der Waals surface area contributed by atoms with E-state index < -0.39 is 0 Å². The minimum atomic E-state index is -0.211. The van der Waals surface area contributed by atoms with Gasteiger partial charge in [0.25, 0.3) is 5.91 Å². The summed E-state index contributed by atoms with van der Waals surface area (Å²) >= 11 is 0. The quantitative estimate of drug-likeness (QED) is 0.822. The first-order valence-electron chi connectivity index (χ1n) is 7.48. The predicted octanol–water partition coefficient (Wildman–Crippen LogP) is 2.27. The third kappa shape index (κ3) is 4.72. The lowest BCUT2D eigenvalue weighted by atomic mass is 10.1. The summed E-state index contributed by atoms with van der Waals surface area (Å²) in [6.07, 6.45) is 0. The second-order valence-corrected chi connectivity index (χ2v) is 5.18. The van der Waals surface area contributed by atoms with Crippen LogP contribution >= 0.6 is 0 Å². The third-order valence-electron chi connectivity index (χ3n) is 3.34. The van der Waals surface area contributed by atoms with Crippen LogP contribution in [-0.2, 0) is 6.61 Å². The number of nitrogens with two attached hydrogens (primary N) is 1. The molecule has 0 heterocycles. The molecule has 0 saturated carbocycles. The molecule has 2 aromatic rings. The predicted molar refractivity (Wildman–Crippen MR) is 89.9 cm³/mol. The highest BCUT2D eigenvalue weighted by atomic mass is 16.5. The van der Waals surface area contributed by atoms with Crippen molar-refractivity contribution in [3.8, 4) is 11.5 Å². The fourth-order valence-corrected chi connectivity index (χ4v) is 2.20. The summed E-state index contributed by atoms with van der Waals surface area (Å²) < 4.78 is 11.1. The molecule has 0 unspecified atom stereocenters. The maximum Gasteiger partial charge on any atom is 0.255 e. The Morgan fingerprint density at radius 3 is 2.74 bits per heavy atom. The van der Waals surface area contributed by atoms with Gasteiger partial charge in [-0.25, -0.2) is 0 Å². The van der Waals surface area contributed by atoms with E-state index in [1.54, 1.807) is 18.2 Å². The zero-order valence-electron chi connectivity index (χ0n) is 13.5. The lowest BCUT2D eigenvalue weighted by Gasteiger charge is -2.12. The van der Waals surface area contributed by atoms with Crippen molar-refractivity contribution in [1.82, 2.24) is 5.32 Å². The highest BCUT2D eigenvalue weighted by Crippen LogP contribution is 2.25. The number of carbonyl (C=O) groups excluding carboxylic acids is 1. The van der Waals surface area contributed by atoms with Gasteiger partial charge in [-0.05, 0) is 24.6 Å². The molecule has 5 heteroatoms. The number of ether oxygens (including phenoxy) is 2. The van der Waals surface area contributed by atoms with Crippen molar-refractivity contribution in [2.75, 3.05) is 20.2 Å². The van der Waals surface area contributed by atoms with E-state index in [4.69, 9.17) is 15.2 Å². The molecule has 0 spiro atoms. The van der Waals surface area contributed by atoms with Crippen molar-refractivity contribution in [3.63, 3.8) is 0 Å². The molecule has 1 amide bonds. The van der Waals surface area contributed by atoms with Crippen LogP contribution in [0.4, 0.5) is 0 Å². The fraction of sp³-hybridized carbons (Fsp3) is 0.278. The van der Waals surface area contributed by atoms with Crippen LogP contribution in [0.1, 0.15) is 21.5 Å². The Bertz CT molecular complexity index is 671. The van der Waals surface area contributed by atoms with Crippen LogP contribution in [0.25, 0.3) is 0 Å². The summed E-state index contributed by atoms with van der Waals surface area (Å²) in [5.74, 6) is 0.914. The van der Waals surface area contributed by atoms with E-state index in [0.29, 0.717) is 36.8 Å². The molecule has 122 valence electrons. The van der Waals surface area contributed by atoms with Gasteiger partial charge in [-0.3, -0.25) is 4.79 Å². The number of methoxy groups -OCH3 is 1. The maximum atomic E-state index is 12.0. The van der Waals surface area contributed by atoms with Crippen LogP contribution in [0.5, 0.6) is 11.5 Å². The van der Waals surface area contributed by atoms with Gasteiger partial charge in [-0.2, -0.15) is 0 Å².